The number of aliphatic imine (C=N–C) groups is 1. The molecule has 1 amide bonds. The second-order valence-electron chi connectivity index (χ2n) is 7.94. The van der Waals surface area contributed by atoms with E-state index in [1.54, 1.807) is 7.05 Å². The molecule has 26 heavy (non-hydrogen) atoms. The van der Waals surface area contributed by atoms with E-state index in [0.717, 1.165) is 57.6 Å². The van der Waals surface area contributed by atoms with E-state index in [1.165, 1.54) is 19.3 Å². The summed E-state index contributed by atoms with van der Waals surface area (Å²) in [6.45, 7) is 2.24. The summed E-state index contributed by atoms with van der Waals surface area (Å²) in [4.78, 5) is 18.4. The van der Waals surface area contributed by atoms with Crippen LogP contribution in [0.25, 0.3) is 0 Å². The van der Waals surface area contributed by atoms with Crippen molar-refractivity contribution in [3.63, 3.8) is 0 Å². The van der Waals surface area contributed by atoms with Crippen LogP contribution in [-0.4, -0.2) is 60.7 Å². The number of amides is 1. The molecule has 1 heterocycles. The molecule has 3 N–H and O–H groups in total. The number of halogens is 1. The molecule has 2 saturated carbocycles. The van der Waals surface area contributed by atoms with E-state index in [2.05, 4.69) is 15.6 Å². The fourth-order valence-electron chi connectivity index (χ4n) is 4.11. The Morgan fingerprint density at radius 1 is 1.12 bits per heavy atom. The highest BCUT2D eigenvalue weighted by Gasteiger charge is 2.35. The molecule has 0 aromatic rings. The molecule has 0 spiro atoms. The molecule has 3 aliphatic rings. The zero-order valence-electron chi connectivity index (χ0n) is 16.0. The van der Waals surface area contributed by atoms with Gasteiger partial charge in [0.2, 0.25) is 5.91 Å². The lowest BCUT2D eigenvalue weighted by molar-refractivity contribution is -0.133. The van der Waals surface area contributed by atoms with E-state index in [1.807, 2.05) is 4.90 Å². The molecule has 0 aromatic carbocycles. The van der Waals surface area contributed by atoms with Crippen molar-refractivity contribution in [2.45, 2.75) is 69.9 Å². The van der Waals surface area contributed by atoms with E-state index in [-0.39, 0.29) is 30.1 Å². The molecule has 0 aromatic heterocycles. The first kappa shape index (κ1) is 21.7. The average molecular weight is 478 g/mol. The standard InChI is InChI=1S/C19H34N4O2.HI/c1-20-19(21-13-17(24)14-5-3-2-4-6-14)22-16-9-11-23(12-10-16)18(25)15-7-8-15;/h14-17,24H,2-13H2,1H3,(H2,20,21,22);1H. The second kappa shape index (κ2) is 10.7. The van der Waals surface area contributed by atoms with E-state index in [0.29, 0.717) is 30.3 Å². The first-order valence-corrected chi connectivity index (χ1v) is 10.1. The van der Waals surface area contributed by atoms with Crippen molar-refractivity contribution < 1.29 is 9.90 Å². The maximum atomic E-state index is 12.1. The summed E-state index contributed by atoms with van der Waals surface area (Å²) in [5, 5.41) is 17.1. The normalized spacial score (nSPS) is 23.9. The Labute approximate surface area is 174 Å². The van der Waals surface area contributed by atoms with Crippen molar-refractivity contribution in [3.05, 3.63) is 0 Å². The molecule has 0 bridgehead atoms. The van der Waals surface area contributed by atoms with E-state index >= 15 is 0 Å². The number of nitrogens with zero attached hydrogens (tertiary/aromatic N) is 2. The maximum absolute atomic E-state index is 12.1. The Bertz CT molecular complexity index is 470. The minimum Gasteiger partial charge on any atom is -0.391 e. The molecule has 3 rings (SSSR count). The van der Waals surface area contributed by atoms with Gasteiger partial charge in [0.1, 0.15) is 0 Å². The van der Waals surface area contributed by atoms with Gasteiger partial charge >= 0.3 is 0 Å². The van der Waals surface area contributed by atoms with Crippen molar-refractivity contribution in [2.24, 2.45) is 16.8 Å². The predicted molar refractivity (Wildman–Crippen MR) is 115 cm³/mol. The molecule has 6 nitrogen and oxygen atoms in total. The highest BCUT2D eigenvalue weighted by Crippen LogP contribution is 2.32. The number of aliphatic hydroxyl groups excluding tert-OH is 1. The van der Waals surface area contributed by atoms with Crippen LogP contribution in [0.2, 0.25) is 0 Å². The summed E-state index contributed by atoms with van der Waals surface area (Å²) in [5.74, 6) is 1.87. The van der Waals surface area contributed by atoms with Crippen LogP contribution in [0.5, 0.6) is 0 Å². The first-order chi connectivity index (χ1) is 12.2. The Morgan fingerprint density at radius 3 is 2.35 bits per heavy atom. The fourth-order valence-corrected chi connectivity index (χ4v) is 4.11. The number of rotatable bonds is 5. The van der Waals surface area contributed by atoms with Gasteiger partial charge in [-0.25, -0.2) is 0 Å². The van der Waals surface area contributed by atoms with Gasteiger partial charge in [-0.05, 0) is 44.4 Å². The maximum Gasteiger partial charge on any atom is 0.225 e. The highest BCUT2D eigenvalue weighted by atomic mass is 127. The van der Waals surface area contributed by atoms with Gasteiger partial charge in [0.05, 0.1) is 6.10 Å². The van der Waals surface area contributed by atoms with Gasteiger partial charge in [0.15, 0.2) is 5.96 Å². The molecule has 3 fully saturated rings. The molecule has 1 unspecified atom stereocenters. The summed E-state index contributed by atoms with van der Waals surface area (Å²) in [5.41, 5.74) is 0. The smallest absolute Gasteiger partial charge is 0.225 e. The van der Waals surface area contributed by atoms with Crippen molar-refractivity contribution in [3.8, 4) is 0 Å². The predicted octanol–water partition coefficient (Wildman–Crippen LogP) is 2.11. The summed E-state index contributed by atoms with van der Waals surface area (Å²) < 4.78 is 0. The van der Waals surface area contributed by atoms with Crippen LogP contribution in [0.1, 0.15) is 57.8 Å². The van der Waals surface area contributed by atoms with Crippen molar-refractivity contribution in [1.82, 2.24) is 15.5 Å². The number of aliphatic hydroxyl groups is 1. The largest absolute Gasteiger partial charge is 0.391 e. The molecule has 7 heteroatoms. The lowest BCUT2D eigenvalue weighted by Crippen LogP contribution is -2.51. The summed E-state index contributed by atoms with van der Waals surface area (Å²) in [7, 11) is 1.77. The number of carbonyl (C=O) groups excluding carboxylic acids is 1. The Kier molecular flexibility index (Phi) is 8.93. The summed E-state index contributed by atoms with van der Waals surface area (Å²) in [6.07, 6.45) is 9.87. The molecule has 2 aliphatic carbocycles. The third kappa shape index (κ3) is 6.25. The fraction of sp³-hybridized carbons (Fsp3) is 0.895. The van der Waals surface area contributed by atoms with E-state index in [9.17, 15) is 9.90 Å². The number of carbonyl (C=O) groups is 1. The molecule has 1 atom stereocenters. The Hall–Kier alpha value is -0.570. The summed E-state index contributed by atoms with van der Waals surface area (Å²) in [6, 6.07) is 0.348. The van der Waals surface area contributed by atoms with Crippen LogP contribution in [0.3, 0.4) is 0 Å². The van der Waals surface area contributed by atoms with Gasteiger partial charge in [-0.2, -0.15) is 0 Å². The van der Waals surface area contributed by atoms with Crippen LogP contribution in [0.15, 0.2) is 4.99 Å². The lowest BCUT2D eigenvalue weighted by atomic mass is 9.85. The Balaban J connectivity index is 0.00000243. The van der Waals surface area contributed by atoms with Crippen LogP contribution in [0.4, 0.5) is 0 Å². The van der Waals surface area contributed by atoms with Crippen LogP contribution >= 0.6 is 24.0 Å². The summed E-state index contributed by atoms with van der Waals surface area (Å²) >= 11 is 0. The monoisotopic (exact) mass is 478 g/mol. The molecule has 150 valence electrons. The zero-order chi connectivity index (χ0) is 17.6. The van der Waals surface area contributed by atoms with Crippen molar-refractivity contribution in [1.29, 1.82) is 0 Å². The van der Waals surface area contributed by atoms with Gasteiger partial charge in [0.25, 0.3) is 0 Å². The number of piperidine rings is 1. The van der Waals surface area contributed by atoms with Gasteiger partial charge < -0.3 is 20.6 Å². The quantitative estimate of drug-likeness (QED) is 0.322. The number of hydrogen-bond donors (Lipinski definition) is 3. The van der Waals surface area contributed by atoms with Crippen molar-refractivity contribution in [2.75, 3.05) is 26.7 Å². The average Bonchev–Trinajstić information content (AvgIpc) is 3.50. The number of hydrogen-bond acceptors (Lipinski definition) is 3. The van der Waals surface area contributed by atoms with E-state index < -0.39 is 0 Å². The van der Waals surface area contributed by atoms with Gasteiger partial charge in [-0.3, -0.25) is 9.79 Å². The van der Waals surface area contributed by atoms with E-state index in [4.69, 9.17) is 0 Å². The number of likely N-dealkylation sites (tertiary alicyclic amines) is 1. The topological polar surface area (TPSA) is 77.0 Å². The molecular formula is C19H35IN4O2. The van der Waals surface area contributed by atoms with Crippen molar-refractivity contribution >= 4 is 35.8 Å². The SMILES string of the molecule is CN=C(NCC(O)C1CCCCC1)NC1CCN(C(=O)C2CC2)CC1.I. The lowest BCUT2D eigenvalue weighted by Gasteiger charge is -2.33. The van der Waals surface area contributed by atoms with Crippen LogP contribution in [-0.2, 0) is 4.79 Å². The number of nitrogens with one attached hydrogen (secondary N) is 2. The highest BCUT2D eigenvalue weighted by molar-refractivity contribution is 14.0. The Morgan fingerprint density at radius 2 is 1.77 bits per heavy atom. The van der Waals surface area contributed by atoms with Gasteiger partial charge in [0, 0.05) is 38.6 Å². The van der Waals surface area contributed by atoms with Crippen LogP contribution in [0, 0.1) is 11.8 Å². The third-order valence-electron chi connectivity index (χ3n) is 5.97. The minimum absolute atomic E-state index is 0. The van der Waals surface area contributed by atoms with Crippen LogP contribution < -0.4 is 10.6 Å². The first-order valence-electron chi connectivity index (χ1n) is 10.1. The molecule has 1 aliphatic heterocycles. The molecule has 1 saturated heterocycles. The molecular weight excluding hydrogens is 443 g/mol. The van der Waals surface area contributed by atoms with Gasteiger partial charge in [-0.1, -0.05) is 19.3 Å². The zero-order valence-corrected chi connectivity index (χ0v) is 18.3. The number of guanidine groups is 1. The third-order valence-corrected chi connectivity index (χ3v) is 5.97. The second-order valence-corrected chi connectivity index (χ2v) is 7.94. The van der Waals surface area contributed by atoms with Gasteiger partial charge in [-0.15, -0.1) is 24.0 Å². The minimum atomic E-state index is -0.295. The molecule has 0 radical (unpaired) electrons.